The molecule has 21 heavy (non-hydrogen) atoms. The van der Waals surface area contributed by atoms with Crippen LogP contribution in [-0.4, -0.2) is 40.5 Å². The molecule has 0 aliphatic rings. The van der Waals surface area contributed by atoms with E-state index in [0.29, 0.717) is 0 Å². The first-order chi connectivity index (χ1) is 9.51. The van der Waals surface area contributed by atoms with E-state index in [0.717, 1.165) is 12.4 Å². The lowest BCUT2D eigenvalue weighted by Gasteiger charge is -2.19. The highest BCUT2D eigenvalue weighted by molar-refractivity contribution is 5.87. The molecule has 0 N–H and O–H groups in total. The van der Waals surface area contributed by atoms with E-state index in [1.807, 2.05) is 0 Å². The molecule has 118 valence electrons. The second kappa shape index (κ2) is 6.23. The molecule has 1 rings (SSSR count). The minimum Gasteiger partial charge on any atom is -0.470 e. The van der Waals surface area contributed by atoms with Crippen molar-refractivity contribution in [2.24, 2.45) is 0 Å². The van der Waals surface area contributed by atoms with E-state index in [2.05, 4.69) is 14.7 Å². The molecule has 1 aromatic rings. The van der Waals surface area contributed by atoms with Gasteiger partial charge in [-0.1, -0.05) is 0 Å². The Morgan fingerprint density at radius 1 is 1.24 bits per heavy atom. The zero-order valence-corrected chi connectivity index (χ0v) is 11.6. The van der Waals surface area contributed by atoms with Crippen molar-refractivity contribution in [1.29, 1.82) is 0 Å². The van der Waals surface area contributed by atoms with Crippen LogP contribution in [0.15, 0.2) is 12.4 Å². The molecular weight excluding hydrogens is 296 g/mol. The Labute approximate surface area is 118 Å². The van der Waals surface area contributed by atoms with E-state index >= 15 is 0 Å². The summed E-state index contributed by atoms with van der Waals surface area (Å²) in [6.07, 6.45) is -2.02. The minimum atomic E-state index is -4.29. The van der Waals surface area contributed by atoms with Gasteiger partial charge in [-0.2, -0.15) is 8.78 Å². The average molecular weight is 310 g/mol. The molecule has 0 saturated heterocycles. The van der Waals surface area contributed by atoms with Crippen molar-refractivity contribution in [2.45, 2.75) is 38.7 Å². The van der Waals surface area contributed by atoms with E-state index < -0.39 is 36.4 Å². The molecule has 0 aliphatic carbocycles. The van der Waals surface area contributed by atoms with E-state index in [1.54, 1.807) is 20.8 Å². The molecule has 9 heteroatoms. The summed E-state index contributed by atoms with van der Waals surface area (Å²) in [6.45, 7) is 3.43. The summed E-state index contributed by atoms with van der Waals surface area (Å²) < 4.78 is 58.5. The van der Waals surface area contributed by atoms with Crippen molar-refractivity contribution in [3.8, 4) is 5.88 Å². The van der Waals surface area contributed by atoms with Gasteiger partial charge in [0.1, 0.15) is 5.60 Å². The van der Waals surface area contributed by atoms with Gasteiger partial charge in [0.25, 0.3) is 0 Å². The molecule has 0 spiro atoms. The molecule has 0 aliphatic heterocycles. The maximum atomic E-state index is 12.6. The van der Waals surface area contributed by atoms with Crippen molar-refractivity contribution < 1.29 is 31.8 Å². The van der Waals surface area contributed by atoms with Crippen LogP contribution >= 0.6 is 0 Å². The van der Waals surface area contributed by atoms with Crippen molar-refractivity contribution >= 4 is 5.97 Å². The third-order valence-corrected chi connectivity index (χ3v) is 1.97. The molecule has 0 atom stereocenters. The van der Waals surface area contributed by atoms with Gasteiger partial charge in [0, 0.05) is 0 Å². The molecule has 0 saturated carbocycles. The third kappa shape index (κ3) is 5.52. The number of halogens is 4. The Morgan fingerprint density at radius 3 is 2.29 bits per heavy atom. The number of carbonyl (C=O) groups excluding carboxylic acids is 1. The number of aromatic nitrogens is 2. The number of esters is 1. The van der Waals surface area contributed by atoms with Crippen LogP contribution in [0.4, 0.5) is 17.6 Å². The Morgan fingerprint density at radius 2 is 1.86 bits per heavy atom. The maximum Gasteiger partial charge on any atom is 0.359 e. The van der Waals surface area contributed by atoms with E-state index in [1.165, 1.54) is 0 Å². The monoisotopic (exact) mass is 310 g/mol. The number of carbonyl (C=O) groups is 1. The maximum absolute atomic E-state index is 12.6. The van der Waals surface area contributed by atoms with Gasteiger partial charge in [0.2, 0.25) is 5.88 Å². The van der Waals surface area contributed by atoms with Crippen LogP contribution < -0.4 is 4.74 Å². The summed E-state index contributed by atoms with van der Waals surface area (Å²) in [5.74, 6) is -5.44. The van der Waals surface area contributed by atoms with E-state index in [9.17, 15) is 22.4 Å². The first-order valence-corrected chi connectivity index (χ1v) is 5.85. The fourth-order valence-corrected chi connectivity index (χ4v) is 1.06. The van der Waals surface area contributed by atoms with Crippen LogP contribution in [0.1, 0.15) is 31.3 Å². The SMILES string of the molecule is CC(C)(C)OC(=O)c1cnc(OCC(F)(F)C(F)F)cn1. The average Bonchev–Trinajstić information content (AvgIpc) is 2.35. The second-order valence-corrected chi connectivity index (χ2v) is 5.09. The molecular formula is C12H14F4N2O3. The van der Waals surface area contributed by atoms with Gasteiger partial charge in [0.15, 0.2) is 12.3 Å². The summed E-state index contributed by atoms with van der Waals surface area (Å²) in [5.41, 5.74) is -0.884. The van der Waals surface area contributed by atoms with Crippen molar-refractivity contribution in [3.05, 3.63) is 18.1 Å². The Bertz CT molecular complexity index is 486. The molecule has 0 bridgehead atoms. The van der Waals surface area contributed by atoms with Gasteiger partial charge < -0.3 is 9.47 Å². The van der Waals surface area contributed by atoms with E-state index in [4.69, 9.17) is 4.74 Å². The molecule has 0 radical (unpaired) electrons. The van der Waals surface area contributed by atoms with Crippen molar-refractivity contribution in [3.63, 3.8) is 0 Å². The quantitative estimate of drug-likeness (QED) is 0.618. The number of ether oxygens (including phenoxy) is 2. The first-order valence-electron chi connectivity index (χ1n) is 5.85. The topological polar surface area (TPSA) is 61.3 Å². The largest absolute Gasteiger partial charge is 0.470 e. The number of rotatable bonds is 5. The van der Waals surface area contributed by atoms with Gasteiger partial charge in [-0.15, -0.1) is 0 Å². The smallest absolute Gasteiger partial charge is 0.359 e. The molecule has 0 amide bonds. The molecule has 0 unspecified atom stereocenters. The van der Waals surface area contributed by atoms with Crippen molar-refractivity contribution in [1.82, 2.24) is 9.97 Å². The van der Waals surface area contributed by atoms with Crippen LogP contribution in [-0.2, 0) is 4.74 Å². The number of nitrogens with zero attached hydrogens (tertiary/aromatic N) is 2. The van der Waals surface area contributed by atoms with Crippen LogP contribution in [0.3, 0.4) is 0 Å². The normalized spacial score (nSPS) is 12.4. The van der Waals surface area contributed by atoms with Gasteiger partial charge in [-0.05, 0) is 20.8 Å². The Hall–Kier alpha value is -1.93. The number of alkyl halides is 4. The van der Waals surface area contributed by atoms with Crippen LogP contribution in [0.2, 0.25) is 0 Å². The highest BCUT2D eigenvalue weighted by Crippen LogP contribution is 2.23. The fourth-order valence-electron chi connectivity index (χ4n) is 1.06. The lowest BCUT2D eigenvalue weighted by atomic mass is 10.2. The lowest BCUT2D eigenvalue weighted by molar-refractivity contribution is -0.148. The van der Waals surface area contributed by atoms with Gasteiger partial charge in [-0.3, -0.25) is 0 Å². The number of hydrogen-bond acceptors (Lipinski definition) is 5. The van der Waals surface area contributed by atoms with Crippen LogP contribution in [0.25, 0.3) is 0 Å². The minimum absolute atomic E-state index is 0.155. The van der Waals surface area contributed by atoms with Crippen molar-refractivity contribution in [2.75, 3.05) is 6.61 Å². The summed E-state index contributed by atoms with van der Waals surface area (Å²) in [6, 6.07) is 0. The third-order valence-electron chi connectivity index (χ3n) is 1.97. The molecule has 1 heterocycles. The molecule has 0 aromatic carbocycles. The second-order valence-electron chi connectivity index (χ2n) is 5.09. The summed E-state index contributed by atoms with van der Waals surface area (Å²) in [7, 11) is 0. The highest BCUT2D eigenvalue weighted by atomic mass is 19.3. The predicted octanol–water partition coefficient (Wildman–Crippen LogP) is 2.71. The zero-order valence-electron chi connectivity index (χ0n) is 11.6. The van der Waals surface area contributed by atoms with Gasteiger partial charge in [-0.25, -0.2) is 23.5 Å². The standard InChI is InChI=1S/C12H14F4N2O3/c1-11(2,3)21-9(19)7-4-18-8(5-17-7)20-6-12(15,16)10(13)14/h4-5,10H,6H2,1-3H3. The first kappa shape index (κ1) is 17.1. The molecule has 1 aromatic heterocycles. The Balaban J connectivity index is 2.65. The van der Waals surface area contributed by atoms with Crippen LogP contribution in [0, 0.1) is 0 Å². The molecule has 5 nitrogen and oxygen atoms in total. The summed E-state index contributed by atoms with van der Waals surface area (Å²) in [5, 5.41) is 0. The highest BCUT2D eigenvalue weighted by Gasteiger charge is 2.41. The van der Waals surface area contributed by atoms with E-state index in [-0.39, 0.29) is 5.69 Å². The summed E-state index contributed by atoms with van der Waals surface area (Å²) in [4.78, 5) is 18.7. The van der Waals surface area contributed by atoms with Crippen LogP contribution in [0.5, 0.6) is 5.88 Å². The fraction of sp³-hybridized carbons (Fsp3) is 0.583. The predicted molar refractivity (Wildman–Crippen MR) is 63.6 cm³/mol. The number of hydrogen-bond donors (Lipinski definition) is 0. The summed E-state index contributed by atoms with van der Waals surface area (Å²) >= 11 is 0. The Kier molecular flexibility index (Phi) is 5.08. The lowest BCUT2D eigenvalue weighted by Crippen LogP contribution is -2.34. The van der Waals surface area contributed by atoms with Gasteiger partial charge >= 0.3 is 18.3 Å². The van der Waals surface area contributed by atoms with Gasteiger partial charge in [0.05, 0.1) is 12.4 Å². The molecule has 0 fully saturated rings. The zero-order chi connectivity index (χ0) is 16.3.